The Labute approximate surface area is 116 Å². The van der Waals surface area contributed by atoms with Crippen LogP contribution in [0.1, 0.15) is 45.7 Å². The van der Waals surface area contributed by atoms with Crippen LogP contribution in [-0.4, -0.2) is 11.9 Å². The smallest absolute Gasteiger partial charge is 0.234 e. The first-order valence-electron chi connectivity index (χ1n) is 7.02. The van der Waals surface area contributed by atoms with E-state index >= 15 is 0 Å². The molecule has 0 bridgehead atoms. The van der Waals surface area contributed by atoms with Crippen molar-refractivity contribution in [1.82, 2.24) is 5.32 Å². The van der Waals surface area contributed by atoms with Gasteiger partial charge in [0.25, 0.3) is 0 Å². The maximum absolute atomic E-state index is 11.6. The molecule has 1 amide bonds. The zero-order valence-corrected chi connectivity index (χ0v) is 12.4. The van der Waals surface area contributed by atoms with E-state index in [1.165, 1.54) is 5.56 Å². The minimum atomic E-state index is -0.288. The Bertz CT molecular complexity index is 387. The molecule has 0 saturated heterocycles. The third-order valence-corrected chi connectivity index (χ3v) is 3.26. The summed E-state index contributed by atoms with van der Waals surface area (Å²) in [5.74, 6) is 0.467. The summed E-state index contributed by atoms with van der Waals surface area (Å²) >= 11 is 0. The van der Waals surface area contributed by atoms with Gasteiger partial charge in [0.15, 0.2) is 0 Å². The van der Waals surface area contributed by atoms with Crippen LogP contribution in [0, 0.1) is 11.8 Å². The second-order valence-electron chi connectivity index (χ2n) is 5.88. The molecule has 1 aromatic rings. The van der Waals surface area contributed by atoms with E-state index in [2.05, 4.69) is 31.3 Å². The lowest BCUT2D eigenvalue weighted by molar-refractivity contribution is -0.121. The number of carbonyl (C=O) groups is 1. The van der Waals surface area contributed by atoms with Crippen molar-refractivity contribution in [3.8, 4) is 0 Å². The van der Waals surface area contributed by atoms with Crippen molar-refractivity contribution in [3.05, 3.63) is 35.9 Å². The van der Waals surface area contributed by atoms with Crippen LogP contribution in [0.5, 0.6) is 0 Å². The highest BCUT2D eigenvalue weighted by Gasteiger charge is 2.24. The lowest BCUT2D eigenvalue weighted by atomic mass is 9.94. The number of primary amides is 1. The SMILES string of the molecule is CC(C)CC(NC(C(N)=O)C(C)C)c1ccccc1. The Morgan fingerprint density at radius 3 is 2.16 bits per heavy atom. The minimum absolute atomic E-state index is 0.168. The van der Waals surface area contributed by atoms with E-state index in [9.17, 15) is 4.79 Å². The first-order valence-corrected chi connectivity index (χ1v) is 7.02. The van der Waals surface area contributed by atoms with Gasteiger partial charge in [-0.25, -0.2) is 0 Å². The van der Waals surface area contributed by atoms with E-state index in [1.54, 1.807) is 0 Å². The van der Waals surface area contributed by atoms with Gasteiger partial charge in [0.05, 0.1) is 6.04 Å². The molecular formula is C16H26N2O. The number of nitrogens with one attached hydrogen (secondary N) is 1. The van der Waals surface area contributed by atoms with Gasteiger partial charge in [0.1, 0.15) is 0 Å². The van der Waals surface area contributed by atoms with Crippen LogP contribution in [0.4, 0.5) is 0 Å². The van der Waals surface area contributed by atoms with Crippen molar-refractivity contribution >= 4 is 5.91 Å². The summed E-state index contributed by atoms with van der Waals surface area (Å²) in [5.41, 5.74) is 6.70. The molecule has 3 heteroatoms. The quantitative estimate of drug-likeness (QED) is 0.794. The van der Waals surface area contributed by atoms with Crippen molar-refractivity contribution in [2.24, 2.45) is 17.6 Å². The first-order chi connectivity index (χ1) is 8.91. The number of hydrogen-bond donors (Lipinski definition) is 2. The second-order valence-corrected chi connectivity index (χ2v) is 5.88. The van der Waals surface area contributed by atoms with Crippen LogP contribution in [0.2, 0.25) is 0 Å². The summed E-state index contributed by atoms with van der Waals surface area (Å²) in [7, 11) is 0. The fourth-order valence-electron chi connectivity index (χ4n) is 2.28. The first kappa shape index (κ1) is 15.7. The van der Waals surface area contributed by atoms with E-state index in [-0.39, 0.29) is 23.9 Å². The van der Waals surface area contributed by atoms with Gasteiger partial charge < -0.3 is 5.73 Å². The van der Waals surface area contributed by atoms with Gasteiger partial charge in [0.2, 0.25) is 5.91 Å². The number of hydrogen-bond acceptors (Lipinski definition) is 2. The predicted octanol–water partition coefficient (Wildman–Crippen LogP) is 2.87. The average molecular weight is 262 g/mol. The van der Waals surface area contributed by atoms with Crippen LogP contribution in [-0.2, 0) is 4.79 Å². The van der Waals surface area contributed by atoms with E-state index in [1.807, 2.05) is 32.0 Å². The average Bonchev–Trinajstić information content (AvgIpc) is 2.34. The van der Waals surface area contributed by atoms with Crippen LogP contribution in [0.15, 0.2) is 30.3 Å². The monoisotopic (exact) mass is 262 g/mol. The van der Waals surface area contributed by atoms with Gasteiger partial charge in [0, 0.05) is 6.04 Å². The molecule has 19 heavy (non-hydrogen) atoms. The molecule has 0 aliphatic rings. The largest absolute Gasteiger partial charge is 0.368 e. The Kier molecular flexibility index (Phi) is 6.03. The van der Waals surface area contributed by atoms with Crippen molar-refractivity contribution in [2.45, 2.75) is 46.2 Å². The molecule has 3 N–H and O–H groups in total. The molecule has 106 valence electrons. The molecule has 2 atom stereocenters. The molecule has 3 nitrogen and oxygen atoms in total. The minimum Gasteiger partial charge on any atom is -0.368 e. The molecule has 0 aromatic heterocycles. The van der Waals surface area contributed by atoms with Gasteiger partial charge in [-0.1, -0.05) is 58.0 Å². The normalized spacial score (nSPS) is 14.6. The van der Waals surface area contributed by atoms with Crippen LogP contribution in [0.25, 0.3) is 0 Å². The number of rotatable bonds is 7. The lowest BCUT2D eigenvalue weighted by Crippen LogP contribution is -2.46. The summed E-state index contributed by atoms with van der Waals surface area (Å²) in [4.78, 5) is 11.6. The predicted molar refractivity (Wildman–Crippen MR) is 79.6 cm³/mol. The fourth-order valence-corrected chi connectivity index (χ4v) is 2.28. The molecule has 1 rings (SSSR count). The van der Waals surface area contributed by atoms with Crippen molar-refractivity contribution < 1.29 is 4.79 Å². The van der Waals surface area contributed by atoms with Crippen molar-refractivity contribution in [3.63, 3.8) is 0 Å². The Morgan fingerprint density at radius 2 is 1.74 bits per heavy atom. The van der Waals surface area contributed by atoms with Gasteiger partial charge >= 0.3 is 0 Å². The molecule has 0 spiro atoms. The molecule has 2 unspecified atom stereocenters. The summed E-state index contributed by atoms with van der Waals surface area (Å²) in [6, 6.07) is 10.1. The van der Waals surface area contributed by atoms with Crippen molar-refractivity contribution in [1.29, 1.82) is 0 Å². The van der Waals surface area contributed by atoms with E-state index in [0.717, 1.165) is 6.42 Å². The van der Waals surface area contributed by atoms with Gasteiger partial charge in [-0.2, -0.15) is 0 Å². The number of carbonyl (C=O) groups excluding carboxylic acids is 1. The third kappa shape index (κ3) is 5.03. The van der Waals surface area contributed by atoms with E-state index in [4.69, 9.17) is 5.73 Å². The summed E-state index contributed by atoms with van der Waals surface area (Å²) in [6.45, 7) is 8.40. The summed E-state index contributed by atoms with van der Waals surface area (Å²) in [6.07, 6.45) is 0.987. The van der Waals surface area contributed by atoms with Crippen LogP contribution < -0.4 is 11.1 Å². The van der Waals surface area contributed by atoms with Gasteiger partial charge in [-0.3, -0.25) is 10.1 Å². The zero-order valence-electron chi connectivity index (χ0n) is 12.4. The highest BCUT2D eigenvalue weighted by molar-refractivity contribution is 5.80. The maximum Gasteiger partial charge on any atom is 0.234 e. The van der Waals surface area contributed by atoms with Crippen LogP contribution in [0.3, 0.4) is 0 Å². The second kappa shape index (κ2) is 7.29. The van der Waals surface area contributed by atoms with Crippen molar-refractivity contribution in [2.75, 3.05) is 0 Å². The van der Waals surface area contributed by atoms with Crippen LogP contribution >= 0.6 is 0 Å². The topological polar surface area (TPSA) is 55.1 Å². The Hall–Kier alpha value is -1.35. The lowest BCUT2D eigenvalue weighted by Gasteiger charge is -2.28. The Balaban J connectivity index is 2.89. The molecule has 1 aromatic carbocycles. The highest BCUT2D eigenvalue weighted by Crippen LogP contribution is 2.22. The highest BCUT2D eigenvalue weighted by atomic mass is 16.1. The molecule has 0 aliphatic heterocycles. The van der Waals surface area contributed by atoms with E-state index in [0.29, 0.717) is 5.92 Å². The number of nitrogens with two attached hydrogens (primary N) is 1. The molecule has 0 heterocycles. The van der Waals surface area contributed by atoms with E-state index < -0.39 is 0 Å². The third-order valence-electron chi connectivity index (χ3n) is 3.26. The fraction of sp³-hybridized carbons (Fsp3) is 0.562. The molecule has 0 saturated carbocycles. The number of benzene rings is 1. The maximum atomic E-state index is 11.6. The van der Waals surface area contributed by atoms with Gasteiger partial charge in [-0.05, 0) is 23.8 Å². The molecule has 0 aliphatic carbocycles. The molecular weight excluding hydrogens is 236 g/mol. The zero-order chi connectivity index (χ0) is 14.4. The summed E-state index contributed by atoms with van der Waals surface area (Å²) in [5, 5.41) is 3.43. The van der Waals surface area contributed by atoms with Gasteiger partial charge in [-0.15, -0.1) is 0 Å². The Morgan fingerprint density at radius 1 is 1.16 bits per heavy atom. The number of amides is 1. The molecule has 0 radical (unpaired) electrons. The molecule has 0 fully saturated rings. The standard InChI is InChI=1S/C16H26N2O/c1-11(2)10-14(13-8-6-5-7-9-13)18-15(12(3)4)16(17)19/h5-9,11-12,14-15,18H,10H2,1-4H3,(H2,17,19). The summed E-state index contributed by atoms with van der Waals surface area (Å²) < 4.78 is 0.